The van der Waals surface area contributed by atoms with E-state index in [9.17, 15) is 14.0 Å². The van der Waals surface area contributed by atoms with Crippen LogP contribution >= 0.6 is 0 Å². The summed E-state index contributed by atoms with van der Waals surface area (Å²) in [6.07, 6.45) is 2.80. The molecule has 2 N–H and O–H groups in total. The third-order valence-corrected chi connectivity index (χ3v) is 6.80. The van der Waals surface area contributed by atoms with Crippen molar-refractivity contribution in [2.24, 2.45) is 0 Å². The van der Waals surface area contributed by atoms with Crippen LogP contribution in [0.25, 0.3) is 21.7 Å². The van der Waals surface area contributed by atoms with Gasteiger partial charge in [0.05, 0.1) is 19.7 Å². The van der Waals surface area contributed by atoms with Crippen LogP contribution in [0.15, 0.2) is 91.6 Å². The lowest BCUT2D eigenvalue weighted by Gasteiger charge is -2.15. The standard InChI is InChI=1S/C33H28FN3O5/c1-4-32(38)36-19-20-11-12-22(15-21(20)18-34)37-33(39)25-9-5-8-24-23(25)7-6-10-28(24)42-29-13-14-35-27-17-31(41-3)30(40-2)16-26(27)29/h4-17H,1,18-19H2,2-3H3,(H,36,38)(H,37,39). The van der Waals surface area contributed by atoms with Gasteiger partial charge < -0.3 is 24.8 Å². The molecule has 0 aliphatic heterocycles. The minimum absolute atomic E-state index is 0.150. The first-order valence-electron chi connectivity index (χ1n) is 13.1. The van der Waals surface area contributed by atoms with Crippen LogP contribution in [0.2, 0.25) is 0 Å². The van der Waals surface area contributed by atoms with Gasteiger partial charge in [0.15, 0.2) is 11.5 Å². The number of rotatable bonds is 10. The summed E-state index contributed by atoms with van der Waals surface area (Å²) in [6, 6.07) is 21.1. The molecule has 0 aliphatic rings. The van der Waals surface area contributed by atoms with E-state index in [-0.39, 0.29) is 18.4 Å². The zero-order valence-electron chi connectivity index (χ0n) is 23.1. The molecule has 0 unspecified atom stereocenters. The van der Waals surface area contributed by atoms with E-state index >= 15 is 0 Å². The summed E-state index contributed by atoms with van der Waals surface area (Å²) in [5.41, 5.74) is 2.51. The fourth-order valence-corrected chi connectivity index (χ4v) is 4.68. The highest BCUT2D eigenvalue weighted by Crippen LogP contribution is 2.38. The van der Waals surface area contributed by atoms with Crippen LogP contribution in [-0.2, 0) is 18.0 Å². The molecule has 0 radical (unpaired) electrons. The van der Waals surface area contributed by atoms with Crippen molar-refractivity contribution < 1.29 is 28.2 Å². The molecule has 4 aromatic carbocycles. The van der Waals surface area contributed by atoms with E-state index < -0.39 is 6.67 Å². The highest BCUT2D eigenvalue weighted by Gasteiger charge is 2.16. The maximum absolute atomic E-state index is 13.8. The van der Waals surface area contributed by atoms with Crippen LogP contribution in [0, 0.1) is 0 Å². The molecule has 42 heavy (non-hydrogen) atoms. The number of hydrogen-bond donors (Lipinski definition) is 2. The molecule has 0 saturated heterocycles. The number of fused-ring (bicyclic) bond motifs is 2. The lowest BCUT2D eigenvalue weighted by Crippen LogP contribution is -2.21. The number of amides is 2. The Hall–Kier alpha value is -5.44. The zero-order valence-corrected chi connectivity index (χ0v) is 23.1. The molecule has 9 heteroatoms. The van der Waals surface area contributed by atoms with Gasteiger partial charge in [0.2, 0.25) is 5.91 Å². The second kappa shape index (κ2) is 12.4. The monoisotopic (exact) mass is 565 g/mol. The van der Waals surface area contributed by atoms with Gasteiger partial charge in [0, 0.05) is 40.8 Å². The Labute approximate surface area is 241 Å². The van der Waals surface area contributed by atoms with Gasteiger partial charge in [-0.1, -0.05) is 36.9 Å². The molecular formula is C33H28FN3O5. The fraction of sp³-hybridized carbons (Fsp3) is 0.121. The number of anilines is 1. The van der Waals surface area contributed by atoms with Crippen molar-refractivity contribution in [2.75, 3.05) is 19.5 Å². The van der Waals surface area contributed by atoms with Crippen LogP contribution in [0.4, 0.5) is 10.1 Å². The Morgan fingerprint density at radius 1 is 0.857 bits per heavy atom. The van der Waals surface area contributed by atoms with E-state index in [0.29, 0.717) is 56.3 Å². The number of aromatic nitrogens is 1. The second-order valence-corrected chi connectivity index (χ2v) is 9.29. The summed E-state index contributed by atoms with van der Waals surface area (Å²) < 4.78 is 31.0. The summed E-state index contributed by atoms with van der Waals surface area (Å²) in [7, 11) is 3.13. The molecule has 0 fully saturated rings. The molecule has 1 heterocycles. The van der Waals surface area contributed by atoms with E-state index in [0.717, 1.165) is 16.8 Å². The lowest BCUT2D eigenvalue weighted by atomic mass is 10.0. The average Bonchev–Trinajstić information content (AvgIpc) is 3.03. The van der Waals surface area contributed by atoms with Crippen molar-refractivity contribution in [1.82, 2.24) is 10.3 Å². The van der Waals surface area contributed by atoms with Crippen molar-refractivity contribution in [1.29, 1.82) is 0 Å². The van der Waals surface area contributed by atoms with E-state index in [1.807, 2.05) is 30.3 Å². The lowest BCUT2D eigenvalue weighted by molar-refractivity contribution is -0.116. The fourth-order valence-electron chi connectivity index (χ4n) is 4.68. The molecule has 5 aromatic rings. The number of ether oxygens (including phenoxy) is 3. The number of alkyl halides is 1. The largest absolute Gasteiger partial charge is 0.493 e. The van der Waals surface area contributed by atoms with Crippen molar-refractivity contribution in [3.8, 4) is 23.0 Å². The number of carbonyl (C=O) groups is 2. The van der Waals surface area contributed by atoms with Crippen LogP contribution in [0.5, 0.6) is 23.0 Å². The SMILES string of the molecule is C=CC(=O)NCc1ccc(NC(=O)c2cccc3c(Oc4ccnc5cc(OC)c(OC)cc45)cccc23)cc1CF. The molecule has 1 aromatic heterocycles. The van der Waals surface area contributed by atoms with E-state index in [1.165, 1.54) is 0 Å². The normalized spacial score (nSPS) is 10.7. The molecule has 0 saturated carbocycles. The zero-order chi connectivity index (χ0) is 29.6. The molecule has 0 spiro atoms. The third kappa shape index (κ3) is 5.71. The minimum atomic E-state index is -0.750. The molecule has 0 atom stereocenters. The van der Waals surface area contributed by atoms with Crippen molar-refractivity contribution >= 4 is 39.2 Å². The Morgan fingerprint density at radius 3 is 2.36 bits per heavy atom. The van der Waals surface area contributed by atoms with E-state index in [2.05, 4.69) is 22.2 Å². The summed E-state index contributed by atoms with van der Waals surface area (Å²) in [6.45, 7) is 2.81. The molecular weight excluding hydrogens is 537 g/mol. The third-order valence-electron chi connectivity index (χ3n) is 6.80. The maximum atomic E-state index is 13.8. The number of methoxy groups -OCH3 is 2. The molecule has 8 nitrogen and oxygen atoms in total. The Balaban J connectivity index is 1.44. The number of hydrogen-bond acceptors (Lipinski definition) is 6. The average molecular weight is 566 g/mol. The van der Waals surface area contributed by atoms with E-state index in [1.54, 1.807) is 62.9 Å². The Bertz CT molecular complexity index is 1820. The molecule has 2 amide bonds. The number of pyridine rings is 1. The van der Waals surface area contributed by atoms with Crippen molar-refractivity contribution in [2.45, 2.75) is 13.2 Å². The van der Waals surface area contributed by atoms with Gasteiger partial charge >= 0.3 is 0 Å². The van der Waals surface area contributed by atoms with E-state index in [4.69, 9.17) is 14.2 Å². The summed E-state index contributed by atoms with van der Waals surface area (Å²) >= 11 is 0. The molecule has 212 valence electrons. The number of carbonyl (C=O) groups excluding carboxylic acids is 2. The van der Waals surface area contributed by atoms with Gasteiger partial charge in [0.1, 0.15) is 18.2 Å². The summed E-state index contributed by atoms with van der Waals surface area (Å²) in [4.78, 5) is 29.3. The van der Waals surface area contributed by atoms with Gasteiger partial charge in [-0.3, -0.25) is 14.6 Å². The first-order valence-corrected chi connectivity index (χ1v) is 13.1. The quantitative estimate of drug-likeness (QED) is 0.182. The Kier molecular flexibility index (Phi) is 8.29. The van der Waals surface area contributed by atoms with Gasteiger partial charge in [-0.15, -0.1) is 0 Å². The van der Waals surface area contributed by atoms with Crippen molar-refractivity contribution in [3.63, 3.8) is 0 Å². The number of nitrogens with zero attached hydrogens (tertiary/aromatic N) is 1. The van der Waals surface area contributed by atoms with Crippen molar-refractivity contribution in [3.05, 3.63) is 108 Å². The van der Waals surface area contributed by atoms with Gasteiger partial charge in [0.25, 0.3) is 5.91 Å². The molecule has 0 aliphatic carbocycles. The Morgan fingerprint density at radius 2 is 1.60 bits per heavy atom. The first-order chi connectivity index (χ1) is 20.4. The van der Waals surface area contributed by atoms with Crippen LogP contribution in [0.3, 0.4) is 0 Å². The summed E-state index contributed by atoms with van der Waals surface area (Å²) in [5.74, 6) is 1.50. The number of benzene rings is 4. The topological polar surface area (TPSA) is 98.8 Å². The second-order valence-electron chi connectivity index (χ2n) is 9.29. The summed E-state index contributed by atoms with van der Waals surface area (Å²) in [5, 5.41) is 7.64. The number of halogens is 1. The highest BCUT2D eigenvalue weighted by atomic mass is 19.1. The van der Waals surface area contributed by atoms with Crippen LogP contribution < -0.4 is 24.8 Å². The predicted molar refractivity (Wildman–Crippen MR) is 160 cm³/mol. The smallest absolute Gasteiger partial charge is 0.256 e. The number of nitrogens with one attached hydrogen (secondary N) is 2. The maximum Gasteiger partial charge on any atom is 0.256 e. The van der Waals surface area contributed by atoms with Crippen LogP contribution in [-0.4, -0.2) is 31.0 Å². The van der Waals surface area contributed by atoms with Crippen LogP contribution in [0.1, 0.15) is 21.5 Å². The van der Waals surface area contributed by atoms with Gasteiger partial charge in [-0.05, 0) is 59.0 Å². The molecule has 5 rings (SSSR count). The minimum Gasteiger partial charge on any atom is -0.493 e. The first kappa shape index (κ1) is 28.1. The highest BCUT2D eigenvalue weighted by molar-refractivity contribution is 6.13. The van der Waals surface area contributed by atoms with Gasteiger partial charge in [-0.25, -0.2) is 4.39 Å². The predicted octanol–water partition coefficient (Wildman–Crippen LogP) is 6.72. The molecule has 0 bridgehead atoms. The van der Waals surface area contributed by atoms with Gasteiger partial charge in [-0.2, -0.15) is 0 Å².